The molecule has 0 aromatic carbocycles. The number of carboxylic acid groups (broad SMARTS) is 1. The Morgan fingerprint density at radius 3 is 1.59 bits per heavy atom. The molecule has 0 bridgehead atoms. The van der Waals surface area contributed by atoms with Crippen LogP contribution in [0.3, 0.4) is 0 Å². The highest BCUT2D eigenvalue weighted by Crippen LogP contribution is 2.07. The lowest BCUT2D eigenvalue weighted by Crippen LogP contribution is -2.57. The third-order valence-electron chi connectivity index (χ3n) is 5.76. The molecule has 41 heavy (non-hydrogen) atoms. The summed E-state index contributed by atoms with van der Waals surface area (Å²) < 4.78 is 0. The first-order valence-corrected chi connectivity index (χ1v) is 13.3. The molecule has 0 aliphatic heterocycles. The Labute approximate surface area is 238 Å². The summed E-state index contributed by atoms with van der Waals surface area (Å²) in [6.45, 7) is 0.770. The van der Waals surface area contributed by atoms with Gasteiger partial charge in [0.05, 0.1) is 6.04 Å². The predicted molar refractivity (Wildman–Crippen MR) is 153 cm³/mol. The van der Waals surface area contributed by atoms with E-state index in [-0.39, 0.29) is 63.5 Å². The summed E-state index contributed by atoms with van der Waals surface area (Å²) in [5.41, 5.74) is 37.8. The van der Waals surface area contributed by atoms with E-state index in [4.69, 9.17) is 40.1 Å². The standard InChI is InChI=1S/C23H46N12O6/c24-10-2-1-6-14(33-18(37)13(25)5-3-11-31-22(27)28)19(38)34-15(8-9-17(26)36)20(39)35-16(21(40)41)7-4-12-32-23(29)30/h13-16H,1-12,24-25H2,(H2,26,36)(H,33,37)(H,34,38)(H,35,39)(H,40,41)(H4,27,28,31)(H4,29,30,32). The molecule has 0 fully saturated rings. The molecule has 0 saturated heterocycles. The number of nitrogens with zero attached hydrogens (tertiary/aromatic N) is 2. The average molecular weight is 587 g/mol. The second kappa shape index (κ2) is 20.7. The van der Waals surface area contributed by atoms with Crippen molar-refractivity contribution in [2.24, 2.45) is 50.1 Å². The molecule has 0 radical (unpaired) electrons. The summed E-state index contributed by atoms with van der Waals surface area (Å²) in [6.07, 6.45) is 1.64. The summed E-state index contributed by atoms with van der Waals surface area (Å²) in [5.74, 6) is -4.48. The zero-order chi connectivity index (χ0) is 31.4. The first-order chi connectivity index (χ1) is 19.3. The number of primary amides is 1. The lowest BCUT2D eigenvalue weighted by atomic mass is 10.0. The predicted octanol–water partition coefficient (Wildman–Crippen LogP) is -4.65. The second-order valence-corrected chi connectivity index (χ2v) is 9.32. The van der Waals surface area contributed by atoms with Gasteiger partial charge in [-0.1, -0.05) is 0 Å². The van der Waals surface area contributed by atoms with E-state index in [0.29, 0.717) is 25.8 Å². The Morgan fingerprint density at radius 2 is 1.10 bits per heavy atom. The number of carbonyl (C=O) groups is 5. The highest BCUT2D eigenvalue weighted by molar-refractivity contribution is 5.94. The van der Waals surface area contributed by atoms with Gasteiger partial charge in [-0.15, -0.1) is 0 Å². The van der Waals surface area contributed by atoms with Crippen molar-refractivity contribution < 1.29 is 29.1 Å². The van der Waals surface area contributed by atoms with Gasteiger partial charge in [0.15, 0.2) is 11.9 Å². The largest absolute Gasteiger partial charge is 0.480 e. The minimum Gasteiger partial charge on any atom is -0.480 e. The first-order valence-electron chi connectivity index (χ1n) is 13.3. The molecule has 4 unspecified atom stereocenters. The van der Waals surface area contributed by atoms with E-state index in [1.165, 1.54) is 0 Å². The zero-order valence-corrected chi connectivity index (χ0v) is 23.2. The molecule has 0 aliphatic rings. The van der Waals surface area contributed by atoms with Crippen molar-refractivity contribution in [3.8, 4) is 0 Å². The number of carbonyl (C=O) groups excluding carboxylic acids is 4. The molecular formula is C23H46N12O6. The minimum atomic E-state index is -1.32. The molecule has 18 heteroatoms. The Morgan fingerprint density at radius 1 is 0.634 bits per heavy atom. The number of nitrogens with one attached hydrogen (secondary N) is 3. The van der Waals surface area contributed by atoms with Crippen LogP contribution in [0, 0.1) is 0 Å². The van der Waals surface area contributed by atoms with Crippen LogP contribution >= 0.6 is 0 Å². The number of unbranched alkanes of at least 4 members (excludes halogenated alkanes) is 1. The normalized spacial score (nSPS) is 13.5. The van der Waals surface area contributed by atoms with Crippen LogP contribution in [0.4, 0.5) is 0 Å². The van der Waals surface area contributed by atoms with Gasteiger partial charge in [-0.25, -0.2) is 4.79 Å². The van der Waals surface area contributed by atoms with Crippen molar-refractivity contribution in [2.45, 2.75) is 82.0 Å². The van der Waals surface area contributed by atoms with Gasteiger partial charge in [-0.05, 0) is 57.9 Å². The van der Waals surface area contributed by atoms with Crippen molar-refractivity contribution in [1.82, 2.24) is 16.0 Å². The lowest BCUT2D eigenvalue weighted by molar-refractivity contribution is -0.142. The van der Waals surface area contributed by atoms with Crippen molar-refractivity contribution in [2.75, 3.05) is 19.6 Å². The topological polar surface area (TPSA) is 349 Å². The van der Waals surface area contributed by atoms with Crippen LogP contribution in [-0.4, -0.2) is 90.4 Å². The van der Waals surface area contributed by atoms with Gasteiger partial charge >= 0.3 is 5.97 Å². The van der Waals surface area contributed by atoms with E-state index in [1.807, 2.05) is 0 Å². The molecule has 18 nitrogen and oxygen atoms in total. The number of guanidine groups is 2. The summed E-state index contributed by atoms with van der Waals surface area (Å²) in [5, 5.41) is 17.0. The Bertz CT molecular complexity index is 921. The Hall–Kier alpha value is -4.19. The number of carboxylic acids is 1. The van der Waals surface area contributed by atoms with Gasteiger partial charge < -0.3 is 61.2 Å². The van der Waals surface area contributed by atoms with E-state index >= 15 is 0 Å². The fraction of sp³-hybridized carbons (Fsp3) is 0.696. The third-order valence-corrected chi connectivity index (χ3v) is 5.76. The number of hydrogen-bond donors (Lipinski definition) is 11. The van der Waals surface area contributed by atoms with Crippen LogP contribution in [0.5, 0.6) is 0 Å². The summed E-state index contributed by atoms with van der Waals surface area (Å²) >= 11 is 0. The third kappa shape index (κ3) is 17.9. The highest BCUT2D eigenvalue weighted by Gasteiger charge is 2.30. The van der Waals surface area contributed by atoms with Crippen LogP contribution in [-0.2, 0) is 24.0 Å². The molecule has 0 aliphatic carbocycles. The van der Waals surface area contributed by atoms with Crippen molar-refractivity contribution in [3.63, 3.8) is 0 Å². The summed E-state index contributed by atoms with van der Waals surface area (Å²) in [6, 6.07) is -4.69. The first kappa shape index (κ1) is 36.8. The van der Waals surface area contributed by atoms with Crippen LogP contribution < -0.4 is 56.1 Å². The Balaban J connectivity index is 5.53. The number of aliphatic imine (C=N–C) groups is 2. The van der Waals surface area contributed by atoms with E-state index in [1.54, 1.807) is 0 Å². The van der Waals surface area contributed by atoms with Crippen LogP contribution in [0.1, 0.15) is 57.8 Å². The zero-order valence-electron chi connectivity index (χ0n) is 23.2. The van der Waals surface area contributed by atoms with Crippen LogP contribution in [0.2, 0.25) is 0 Å². The average Bonchev–Trinajstić information content (AvgIpc) is 2.89. The number of aliphatic carboxylic acids is 1. The summed E-state index contributed by atoms with van der Waals surface area (Å²) in [7, 11) is 0. The van der Waals surface area contributed by atoms with E-state index in [0.717, 1.165) is 0 Å². The molecule has 4 amide bonds. The fourth-order valence-corrected chi connectivity index (χ4v) is 3.55. The Kier molecular flexibility index (Phi) is 18.6. The number of nitrogens with two attached hydrogens (primary N) is 7. The molecule has 4 atom stereocenters. The molecule has 0 aromatic rings. The van der Waals surface area contributed by atoms with E-state index in [9.17, 15) is 29.1 Å². The maximum Gasteiger partial charge on any atom is 0.326 e. The molecule has 0 heterocycles. The van der Waals surface area contributed by atoms with Crippen LogP contribution in [0.25, 0.3) is 0 Å². The molecular weight excluding hydrogens is 540 g/mol. The smallest absolute Gasteiger partial charge is 0.326 e. The molecule has 0 spiro atoms. The molecule has 0 rings (SSSR count). The van der Waals surface area contributed by atoms with Gasteiger partial charge in [-0.2, -0.15) is 0 Å². The maximum atomic E-state index is 13.2. The molecule has 18 N–H and O–H groups in total. The van der Waals surface area contributed by atoms with Gasteiger partial charge in [-0.3, -0.25) is 29.2 Å². The quantitative estimate of drug-likeness (QED) is 0.0324. The van der Waals surface area contributed by atoms with Gasteiger partial charge in [0.25, 0.3) is 0 Å². The molecule has 0 aromatic heterocycles. The number of amides is 4. The van der Waals surface area contributed by atoms with Gasteiger partial charge in [0.2, 0.25) is 23.6 Å². The molecule has 234 valence electrons. The minimum absolute atomic E-state index is 0.00676. The number of rotatable bonds is 22. The SMILES string of the molecule is NCCCCC(NC(=O)C(N)CCCN=C(N)N)C(=O)NC(CCC(N)=O)C(=O)NC(CCCN=C(N)N)C(=O)O. The van der Waals surface area contributed by atoms with Gasteiger partial charge in [0.1, 0.15) is 18.1 Å². The highest BCUT2D eigenvalue weighted by atomic mass is 16.4. The fourth-order valence-electron chi connectivity index (χ4n) is 3.55. The maximum absolute atomic E-state index is 13.2. The lowest BCUT2D eigenvalue weighted by Gasteiger charge is -2.25. The van der Waals surface area contributed by atoms with E-state index < -0.39 is 53.8 Å². The second-order valence-electron chi connectivity index (χ2n) is 9.32. The monoisotopic (exact) mass is 586 g/mol. The van der Waals surface area contributed by atoms with E-state index in [2.05, 4.69) is 25.9 Å². The van der Waals surface area contributed by atoms with Crippen molar-refractivity contribution >= 4 is 41.5 Å². The number of hydrogen-bond acceptors (Lipinski definition) is 9. The van der Waals surface area contributed by atoms with Crippen molar-refractivity contribution in [3.05, 3.63) is 0 Å². The summed E-state index contributed by atoms with van der Waals surface area (Å²) in [4.78, 5) is 69.5. The van der Waals surface area contributed by atoms with Crippen LogP contribution in [0.15, 0.2) is 9.98 Å². The molecule has 0 saturated carbocycles. The van der Waals surface area contributed by atoms with Gasteiger partial charge in [0, 0.05) is 19.5 Å². The van der Waals surface area contributed by atoms with Crippen molar-refractivity contribution in [1.29, 1.82) is 0 Å².